The molecule has 1 aromatic heterocycles. The van der Waals surface area contributed by atoms with Crippen LogP contribution in [0.4, 0.5) is 0 Å². The van der Waals surface area contributed by atoms with Crippen molar-refractivity contribution in [2.45, 2.75) is 56.5 Å². The summed E-state index contributed by atoms with van der Waals surface area (Å²) in [6.45, 7) is 1.94. The zero-order valence-electron chi connectivity index (χ0n) is 17.8. The summed E-state index contributed by atoms with van der Waals surface area (Å²) in [6, 6.07) is 4.21. The van der Waals surface area contributed by atoms with Gasteiger partial charge < -0.3 is 44.7 Å². The maximum atomic E-state index is 12.2. The second-order valence-electron chi connectivity index (χ2n) is 7.89. The van der Waals surface area contributed by atoms with E-state index in [1.165, 1.54) is 18.2 Å². The minimum absolute atomic E-state index is 0.0835. The van der Waals surface area contributed by atoms with E-state index < -0.39 is 66.8 Å². The van der Waals surface area contributed by atoms with Gasteiger partial charge in [-0.05, 0) is 24.6 Å². The second kappa shape index (κ2) is 9.45. The summed E-state index contributed by atoms with van der Waals surface area (Å²) in [5.74, 6) is -4.90. The fraction of sp³-hybridized carbons (Fsp3) is 0.476. The molecule has 0 radical (unpaired) electrons. The van der Waals surface area contributed by atoms with Crippen molar-refractivity contribution in [3.8, 4) is 5.75 Å². The second-order valence-corrected chi connectivity index (χ2v) is 7.89. The summed E-state index contributed by atoms with van der Waals surface area (Å²) in [5, 5.41) is 53.0. The van der Waals surface area contributed by atoms with Crippen LogP contribution in [0.15, 0.2) is 33.5 Å². The third-order valence-electron chi connectivity index (χ3n) is 5.39. The van der Waals surface area contributed by atoms with Crippen LogP contribution >= 0.6 is 0 Å². The molecule has 1 amide bonds. The molecule has 12 heteroatoms. The number of fused-ring (bicyclic) bond motifs is 1. The van der Waals surface area contributed by atoms with Crippen LogP contribution in [0.1, 0.15) is 18.9 Å². The van der Waals surface area contributed by atoms with Gasteiger partial charge in [-0.15, -0.1) is 0 Å². The van der Waals surface area contributed by atoms with E-state index in [0.29, 0.717) is 10.9 Å². The summed E-state index contributed by atoms with van der Waals surface area (Å²) < 4.78 is 16.3. The lowest BCUT2D eigenvalue weighted by molar-refractivity contribution is -0.284. The Labute approximate surface area is 187 Å². The first-order chi connectivity index (χ1) is 15.5. The monoisotopic (exact) mass is 467 g/mol. The van der Waals surface area contributed by atoms with Gasteiger partial charge in [0, 0.05) is 24.4 Å². The highest BCUT2D eigenvalue weighted by Crippen LogP contribution is 2.35. The van der Waals surface area contributed by atoms with Crippen LogP contribution in [-0.4, -0.2) is 80.3 Å². The van der Waals surface area contributed by atoms with Gasteiger partial charge >= 0.3 is 17.4 Å². The van der Waals surface area contributed by atoms with E-state index >= 15 is 0 Å². The number of aliphatic carboxylic acids is 1. The molecule has 1 aliphatic heterocycles. The molecule has 1 saturated heterocycles. The third kappa shape index (κ3) is 4.99. The molecule has 2 heterocycles. The average Bonchev–Trinajstić information content (AvgIpc) is 2.73. The fourth-order valence-corrected chi connectivity index (χ4v) is 3.79. The summed E-state index contributed by atoms with van der Waals surface area (Å²) in [6.07, 6.45) is -7.56. The van der Waals surface area contributed by atoms with Crippen molar-refractivity contribution in [1.82, 2.24) is 5.32 Å². The predicted octanol–water partition coefficient (Wildman–Crippen LogP) is -1.37. The fourth-order valence-electron chi connectivity index (χ4n) is 3.79. The number of carbonyl (C=O) groups excluding carboxylic acids is 1. The molecule has 6 N–H and O–H groups in total. The van der Waals surface area contributed by atoms with Crippen molar-refractivity contribution in [2.75, 3.05) is 6.61 Å². The number of aliphatic hydroxyl groups is 4. The van der Waals surface area contributed by atoms with E-state index in [1.54, 1.807) is 13.0 Å². The molecule has 1 fully saturated rings. The standard InChI is InChI=1S/C21H25NO11/c1-9-5-16(27)31-15-6-11(3-4-12(9)15)32-21(20(29)30)7-13(25)17(22-10(2)24)19(33-21)18(28)14(26)8-23/h3-6,13-14,17-19,23,25-26,28H,7-8H2,1-2H3,(H,22,24)(H,29,30)/t13-,14-,17+,18-,19-,21+/m1/s1. The van der Waals surface area contributed by atoms with Crippen LogP contribution in [0.25, 0.3) is 11.0 Å². The summed E-state index contributed by atoms with van der Waals surface area (Å²) >= 11 is 0. The van der Waals surface area contributed by atoms with Crippen LogP contribution in [0.2, 0.25) is 0 Å². The Morgan fingerprint density at radius 2 is 2.00 bits per heavy atom. The van der Waals surface area contributed by atoms with Crippen LogP contribution in [0.5, 0.6) is 5.75 Å². The molecule has 2 aromatic rings. The molecule has 0 aliphatic carbocycles. The number of carboxylic acid groups (broad SMARTS) is 1. The number of aliphatic hydroxyl groups excluding tert-OH is 4. The number of aryl methyl sites for hydroxylation is 1. The summed E-state index contributed by atoms with van der Waals surface area (Å²) in [7, 11) is 0. The highest BCUT2D eigenvalue weighted by atomic mass is 16.7. The lowest BCUT2D eigenvalue weighted by Gasteiger charge is -2.46. The van der Waals surface area contributed by atoms with Crippen molar-refractivity contribution in [3.05, 3.63) is 40.2 Å². The van der Waals surface area contributed by atoms with Crippen molar-refractivity contribution in [1.29, 1.82) is 0 Å². The van der Waals surface area contributed by atoms with Gasteiger partial charge in [-0.2, -0.15) is 0 Å². The van der Waals surface area contributed by atoms with E-state index in [2.05, 4.69) is 5.32 Å². The van der Waals surface area contributed by atoms with Crippen molar-refractivity contribution >= 4 is 22.8 Å². The molecule has 12 nitrogen and oxygen atoms in total. The van der Waals surface area contributed by atoms with E-state index in [-0.39, 0.29) is 11.3 Å². The van der Waals surface area contributed by atoms with Crippen molar-refractivity contribution < 1.29 is 49.0 Å². The molecule has 0 unspecified atom stereocenters. The zero-order chi connectivity index (χ0) is 24.5. The Morgan fingerprint density at radius 3 is 2.61 bits per heavy atom. The van der Waals surface area contributed by atoms with E-state index in [9.17, 15) is 39.9 Å². The topological polar surface area (TPSA) is 196 Å². The van der Waals surface area contributed by atoms with Crippen LogP contribution < -0.4 is 15.7 Å². The summed E-state index contributed by atoms with van der Waals surface area (Å²) in [4.78, 5) is 35.5. The molecule has 180 valence electrons. The maximum Gasteiger partial charge on any atom is 0.377 e. The Balaban J connectivity index is 2.01. The number of hydrogen-bond donors (Lipinski definition) is 6. The number of rotatable bonds is 7. The highest BCUT2D eigenvalue weighted by Gasteiger charge is 2.56. The lowest BCUT2D eigenvalue weighted by Crippen LogP contribution is -2.68. The number of nitrogens with one attached hydrogen (secondary N) is 1. The molecular formula is C21H25NO11. The minimum atomic E-state index is -2.55. The van der Waals surface area contributed by atoms with Crippen LogP contribution in [-0.2, 0) is 14.3 Å². The SMILES string of the molecule is CC(=O)N[C@@H]1[C@H]([C@H](O)[C@H](O)CO)O[C@](Oc2ccc3c(C)cc(=O)oc3c2)(C(=O)O)C[C@H]1O. The third-order valence-corrected chi connectivity index (χ3v) is 5.39. The molecule has 0 saturated carbocycles. The van der Waals surface area contributed by atoms with Crippen molar-refractivity contribution in [2.24, 2.45) is 0 Å². The smallest absolute Gasteiger partial charge is 0.377 e. The summed E-state index contributed by atoms with van der Waals surface area (Å²) in [5.41, 5.74) is 0.135. The molecule has 33 heavy (non-hydrogen) atoms. The molecule has 3 rings (SSSR count). The van der Waals surface area contributed by atoms with Gasteiger partial charge in [-0.1, -0.05) is 0 Å². The Hall–Kier alpha value is -3.03. The largest absolute Gasteiger partial charge is 0.476 e. The Bertz CT molecular complexity index is 1100. The number of amides is 1. The first-order valence-corrected chi connectivity index (χ1v) is 10.0. The molecule has 1 aliphatic rings. The lowest BCUT2D eigenvalue weighted by atomic mass is 9.88. The molecular weight excluding hydrogens is 442 g/mol. The van der Waals surface area contributed by atoms with E-state index in [0.717, 1.165) is 6.92 Å². The van der Waals surface area contributed by atoms with Gasteiger partial charge in [0.2, 0.25) is 5.91 Å². The van der Waals surface area contributed by atoms with Crippen LogP contribution in [0.3, 0.4) is 0 Å². The Kier molecular flexibility index (Phi) is 7.05. The number of carboxylic acids is 1. The first-order valence-electron chi connectivity index (χ1n) is 10.0. The van der Waals surface area contributed by atoms with Crippen LogP contribution in [0, 0.1) is 6.92 Å². The minimum Gasteiger partial charge on any atom is -0.476 e. The Morgan fingerprint density at radius 1 is 1.30 bits per heavy atom. The van der Waals surface area contributed by atoms with Gasteiger partial charge in [0.25, 0.3) is 0 Å². The number of benzene rings is 1. The van der Waals surface area contributed by atoms with Gasteiger partial charge in [-0.3, -0.25) is 4.79 Å². The molecule has 0 spiro atoms. The number of carbonyl (C=O) groups is 2. The van der Waals surface area contributed by atoms with Gasteiger partial charge in [0.1, 0.15) is 29.6 Å². The first kappa shape index (κ1) is 24.6. The number of hydrogen-bond acceptors (Lipinski definition) is 10. The van der Waals surface area contributed by atoms with Gasteiger partial charge in [-0.25, -0.2) is 9.59 Å². The highest BCUT2D eigenvalue weighted by molar-refractivity contribution is 5.82. The normalized spacial score (nSPS) is 27.0. The van der Waals surface area contributed by atoms with Crippen molar-refractivity contribution in [3.63, 3.8) is 0 Å². The molecule has 0 bridgehead atoms. The van der Waals surface area contributed by atoms with Gasteiger partial charge in [0.05, 0.1) is 25.2 Å². The maximum absolute atomic E-state index is 12.2. The molecule has 1 aromatic carbocycles. The number of ether oxygens (including phenoxy) is 2. The van der Waals surface area contributed by atoms with E-state index in [4.69, 9.17) is 13.9 Å². The average molecular weight is 467 g/mol. The zero-order valence-corrected chi connectivity index (χ0v) is 17.8. The van der Waals surface area contributed by atoms with E-state index in [1.807, 2.05) is 0 Å². The predicted molar refractivity (Wildman–Crippen MR) is 110 cm³/mol. The van der Waals surface area contributed by atoms with Gasteiger partial charge in [0.15, 0.2) is 0 Å². The molecule has 6 atom stereocenters. The quantitative estimate of drug-likeness (QED) is 0.263.